The largest absolute Gasteiger partial charge is 0.503 e. The molecule has 0 aliphatic rings. The van der Waals surface area contributed by atoms with Gasteiger partial charge in [-0.15, -0.1) is 0 Å². The molecule has 2 N–H and O–H groups in total. The summed E-state index contributed by atoms with van der Waals surface area (Å²) in [5.74, 6) is -0.639. The second kappa shape index (κ2) is 8.08. The van der Waals surface area contributed by atoms with Gasteiger partial charge >= 0.3 is 0 Å². The summed E-state index contributed by atoms with van der Waals surface area (Å²) in [6, 6.07) is 23.0. The third-order valence-corrected chi connectivity index (χ3v) is 5.36. The molecule has 1 aromatic heterocycles. The Morgan fingerprint density at radius 1 is 0.900 bits per heavy atom. The van der Waals surface area contributed by atoms with Crippen LogP contribution in [0.3, 0.4) is 0 Å². The van der Waals surface area contributed by atoms with Gasteiger partial charge in [0.05, 0.1) is 18.4 Å². The van der Waals surface area contributed by atoms with Gasteiger partial charge in [-0.05, 0) is 54.1 Å². The molecule has 5 nitrogen and oxygen atoms in total. The number of ketones is 1. The predicted octanol–water partition coefficient (Wildman–Crippen LogP) is 5.56. The molecular formula is C24H18BrNO4. The first-order chi connectivity index (χ1) is 14.5. The van der Waals surface area contributed by atoms with Gasteiger partial charge in [-0.2, -0.15) is 0 Å². The van der Waals surface area contributed by atoms with E-state index in [0.29, 0.717) is 28.3 Å². The molecule has 0 aliphatic carbocycles. The van der Waals surface area contributed by atoms with E-state index in [-0.39, 0.29) is 5.56 Å². The Bertz CT molecular complexity index is 1200. The molecule has 0 saturated heterocycles. The van der Waals surface area contributed by atoms with Gasteiger partial charge in [-0.1, -0.05) is 46.3 Å². The van der Waals surface area contributed by atoms with E-state index in [1.165, 1.54) is 4.57 Å². The molecule has 0 fully saturated rings. The lowest BCUT2D eigenvalue weighted by Gasteiger charge is -2.12. The zero-order valence-electron chi connectivity index (χ0n) is 16.0. The van der Waals surface area contributed by atoms with Crippen molar-refractivity contribution in [2.75, 3.05) is 7.11 Å². The quantitative estimate of drug-likeness (QED) is 0.380. The van der Waals surface area contributed by atoms with E-state index in [0.717, 1.165) is 4.47 Å². The topological polar surface area (TPSA) is 71.7 Å². The maximum absolute atomic E-state index is 13.4. The highest BCUT2D eigenvalue weighted by atomic mass is 79.9. The molecule has 150 valence electrons. The fraction of sp³-hybridized carbons (Fsp3) is 0.0417. The predicted molar refractivity (Wildman–Crippen MR) is 119 cm³/mol. The van der Waals surface area contributed by atoms with Crippen molar-refractivity contribution in [3.05, 3.63) is 94.5 Å². The van der Waals surface area contributed by atoms with Crippen molar-refractivity contribution in [3.8, 4) is 34.3 Å². The highest BCUT2D eigenvalue weighted by molar-refractivity contribution is 9.10. The second-order valence-corrected chi connectivity index (χ2v) is 7.55. The number of aromatic hydroxyl groups is 2. The first-order valence-corrected chi connectivity index (χ1v) is 9.97. The van der Waals surface area contributed by atoms with Gasteiger partial charge in [0.15, 0.2) is 11.5 Å². The van der Waals surface area contributed by atoms with Gasteiger partial charge < -0.3 is 14.9 Å². The highest BCUT2D eigenvalue weighted by Gasteiger charge is 2.29. The molecule has 6 heteroatoms. The summed E-state index contributed by atoms with van der Waals surface area (Å²) in [5, 5.41) is 21.6. The average Bonchev–Trinajstić information content (AvgIpc) is 3.05. The fourth-order valence-corrected chi connectivity index (χ4v) is 3.62. The molecular weight excluding hydrogens is 446 g/mol. The summed E-state index contributed by atoms with van der Waals surface area (Å²) in [4.78, 5) is 13.4. The summed E-state index contributed by atoms with van der Waals surface area (Å²) in [6.07, 6.45) is 0. The molecule has 1 heterocycles. The number of halogens is 1. The van der Waals surface area contributed by atoms with E-state index >= 15 is 0 Å². The summed E-state index contributed by atoms with van der Waals surface area (Å²) in [5.41, 5.74) is 2.11. The van der Waals surface area contributed by atoms with E-state index < -0.39 is 17.4 Å². The third-order valence-electron chi connectivity index (χ3n) is 4.83. The van der Waals surface area contributed by atoms with Crippen molar-refractivity contribution in [1.29, 1.82) is 0 Å². The minimum absolute atomic E-state index is 0.0341. The number of aromatic nitrogens is 1. The normalized spacial score (nSPS) is 10.7. The van der Waals surface area contributed by atoms with Crippen molar-refractivity contribution < 1.29 is 19.7 Å². The lowest BCUT2D eigenvalue weighted by atomic mass is 9.99. The Balaban J connectivity index is 1.97. The maximum Gasteiger partial charge on any atom is 0.240 e. The van der Waals surface area contributed by atoms with Crippen LogP contribution >= 0.6 is 15.9 Å². The molecule has 0 unspecified atom stereocenters. The lowest BCUT2D eigenvalue weighted by molar-refractivity contribution is 0.103. The van der Waals surface area contributed by atoms with Crippen LogP contribution in [0.1, 0.15) is 15.9 Å². The Morgan fingerprint density at radius 3 is 2.13 bits per heavy atom. The van der Waals surface area contributed by atoms with E-state index in [1.807, 2.05) is 42.5 Å². The minimum Gasteiger partial charge on any atom is -0.503 e. The van der Waals surface area contributed by atoms with Gasteiger partial charge in [-0.3, -0.25) is 9.36 Å². The van der Waals surface area contributed by atoms with Crippen molar-refractivity contribution in [2.24, 2.45) is 0 Å². The number of nitrogens with zero attached hydrogens (tertiary/aromatic N) is 1. The average molecular weight is 464 g/mol. The monoisotopic (exact) mass is 463 g/mol. The number of hydrogen-bond donors (Lipinski definition) is 2. The number of methoxy groups -OCH3 is 1. The zero-order valence-corrected chi connectivity index (χ0v) is 17.6. The van der Waals surface area contributed by atoms with Gasteiger partial charge in [0, 0.05) is 15.7 Å². The molecule has 0 radical (unpaired) electrons. The Labute approximate surface area is 181 Å². The summed E-state index contributed by atoms with van der Waals surface area (Å²) >= 11 is 3.40. The Morgan fingerprint density at radius 2 is 1.53 bits per heavy atom. The SMILES string of the molecule is COc1ccc(C(=O)c2c(O)c(O)n(-c3ccc(Br)cc3)c2-c2ccccc2)cc1. The molecule has 3 aromatic carbocycles. The lowest BCUT2D eigenvalue weighted by Crippen LogP contribution is -2.05. The van der Waals surface area contributed by atoms with Crippen molar-refractivity contribution >= 4 is 21.7 Å². The fourth-order valence-electron chi connectivity index (χ4n) is 3.36. The van der Waals surface area contributed by atoms with E-state index in [2.05, 4.69) is 15.9 Å². The first-order valence-electron chi connectivity index (χ1n) is 9.18. The standard InChI is InChI=1S/C24H18BrNO4/c1-30-19-13-7-16(8-14-19)22(27)20-21(15-5-3-2-4-6-15)26(24(29)23(20)28)18-11-9-17(25)10-12-18/h2-14,28-29H,1H3. The molecule has 0 saturated carbocycles. The molecule has 0 aliphatic heterocycles. The number of rotatable bonds is 5. The van der Waals surface area contributed by atoms with Crippen LogP contribution in [0.5, 0.6) is 17.4 Å². The highest BCUT2D eigenvalue weighted by Crippen LogP contribution is 2.44. The molecule has 30 heavy (non-hydrogen) atoms. The number of ether oxygens (including phenoxy) is 1. The minimum atomic E-state index is -0.461. The number of carbonyl (C=O) groups is 1. The third kappa shape index (κ3) is 3.46. The summed E-state index contributed by atoms with van der Waals surface area (Å²) in [6.45, 7) is 0. The molecule has 0 bridgehead atoms. The Kier molecular flexibility index (Phi) is 5.33. The summed E-state index contributed by atoms with van der Waals surface area (Å²) in [7, 11) is 1.55. The van der Waals surface area contributed by atoms with Crippen LogP contribution in [0.4, 0.5) is 0 Å². The van der Waals surface area contributed by atoms with Gasteiger partial charge in [0.2, 0.25) is 5.88 Å². The van der Waals surface area contributed by atoms with Crippen LogP contribution < -0.4 is 4.74 Å². The van der Waals surface area contributed by atoms with Crippen LogP contribution in [0, 0.1) is 0 Å². The number of hydrogen-bond acceptors (Lipinski definition) is 4. The molecule has 4 aromatic rings. The zero-order chi connectivity index (χ0) is 21.3. The molecule has 0 atom stereocenters. The molecule has 0 spiro atoms. The van der Waals surface area contributed by atoms with E-state index in [1.54, 1.807) is 43.5 Å². The summed E-state index contributed by atoms with van der Waals surface area (Å²) < 4.78 is 7.51. The van der Waals surface area contributed by atoms with Crippen LogP contribution in [-0.4, -0.2) is 27.7 Å². The van der Waals surface area contributed by atoms with Gasteiger partial charge in [0.1, 0.15) is 5.75 Å². The first kappa shape index (κ1) is 19.8. The number of carbonyl (C=O) groups excluding carboxylic acids is 1. The smallest absolute Gasteiger partial charge is 0.240 e. The van der Waals surface area contributed by atoms with Crippen LogP contribution in [0.25, 0.3) is 16.9 Å². The maximum atomic E-state index is 13.4. The van der Waals surface area contributed by atoms with Crippen LogP contribution in [-0.2, 0) is 0 Å². The number of benzene rings is 3. The van der Waals surface area contributed by atoms with Crippen LogP contribution in [0.15, 0.2) is 83.3 Å². The molecule has 4 rings (SSSR count). The van der Waals surface area contributed by atoms with Gasteiger partial charge in [-0.25, -0.2) is 0 Å². The van der Waals surface area contributed by atoms with Crippen molar-refractivity contribution in [2.45, 2.75) is 0 Å². The second-order valence-electron chi connectivity index (χ2n) is 6.63. The molecule has 0 amide bonds. The Hall–Kier alpha value is -3.51. The van der Waals surface area contributed by atoms with Crippen molar-refractivity contribution in [3.63, 3.8) is 0 Å². The van der Waals surface area contributed by atoms with E-state index in [4.69, 9.17) is 4.74 Å². The van der Waals surface area contributed by atoms with E-state index in [9.17, 15) is 15.0 Å². The van der Waals surface area contributed by atoms with Crippen molar-refractivity contribution in [1.82, 2.24) is 4.57 Å². The van der Waals surface area contributed by atoms with Crippen LogP contribution in [0.2, 0.25) is 0 Å². The van der Waals surface area contributed by atoms with Gasteiger partial charge in [0.25, 0.3) is 0 Å².